The Labute approximate surface area is 110 Å². The van der Waals surface area contributed by atoms with Crippen LogP contribution in [0.25, 0.3) is 0 Å². The summed E-state index contributed by atoms with van der Waals surface area (Å²) in [4.78, 5) is 29.1. The zero-order valence-electron chi connectivity index (χ0n) is 10.6. The number of nitro benzene ring substituents is 1. The van der Waals surface area contributed by atoms with E-state index in [9.17, 15) is 24.5 Å². The van der Waals surface area contributed by atoms with Crippen LogP contribution in [0, 0.1) is 10.1 Å². The highest BCUT2D eigenvalue weighted by molar-refractivity contribution is 7.52. The van der Waals surface area contributed by atoms with Crippen molar-refractivity contribution in [3.63, 3.8) is 0 Å². The van der Waals surface area contributed by atoms with Gasteiger partial charge in [0.05, 0.1) is 4.92 Å². The number of nitrogens with zero attached hydrogens (tertiary/aromatic N) is 1. The maximum absolute atomic E-state index is 11.7. The largest absolute Gasteiger partial charge is 0.361 e. The molecule has 0 amide bonds. The lowest BCUT2D eigenvalue weighted by Gasteiger charge is -2.33. The Hall–Kier alpha value is -1.27. The minimum atomic E-state index is -4.58. The van der Waals surface area contributed by atoms with Gasteiger partial charge in [-0.1, -0.05) is 6.92 Å². The lowest BCUT2D eigenvalue weighted by atomic mass is 10.1. The standard InChI is InChI=1S/C11H16NO6P/c1-3-11(18-4-2,19(15,16)17)9-5-7-10(8-6-9)12(13)14/h5-8H,3-4H2,1-2H3,(H2,15,16,17). The van der Waals surface area contributed by atoms with Gasteiger partial charge in [-0.25, -0.2) is 0 Å². The summed E-state index contributed by atoms with van der Waals surface area (Å²) >= 11 is 0. The fourth-order valence-electron chi connectivity index (χ4n) is 1.93. The quantitative estimate of drug-likeness (QED) is 0.472. The van der Waals surface area contributed by atoms with Crippen molar-refractivity contribution in [3.8, 4) is 0 Å². The second kappa shape index (κ2) is 5.79. The monoisotopic (exact) mass is 289 g/mol. The normalized spacial score (nSPS) is 14.9. The summed E-state index contributed by atoms with van der Waals surface area (Å²) in [6.45, 7) is 3.34. The summed E-state index contributed by atoms with van der Waals surface area (Å²) < 4.78 is 17.0. The van der Waals surface area contributed by atoms with Crippen LogP contribution >= 0.6 is 7.60 Å². The lowest BCUT2D eigenvalue weighted by Crippen LogP contribution is -2.29. The van der Waals surface area contributed by atoms with Crippen molar-refractivity contribution in [1.29, 1.82) is 0 Å². The Morgan fingerprint density at radius 2 is 1.84 bits per heavy atom. The lowest BCUT2D eigenvalue weighted by molar-refractivity contribution is -0.384. The van der Waals surface area contributed by atoms with Crippen molar-refractivity contribution in [2.45, 2.75) is 25.6 Å². The molecule has 19 heavy (non-hydrogen) atoms. The average molecular weight is 289 g/mol. The molecule has 0 bridgehead atoms. The molecule has 0 heterocycles. The van der Waals surface area contributed by atoms with E-state index < -0.39 is 17.9 Å². The van der Waals surface area contributed by atoms with Gasteiger partial charge in [-0.2, -0.15) is 0 Å². The van der Waals surface area contributed by atoms with Crippen molar-refractivity contribution < 1.29 is 24.0 Å². The van der Waals surface area contributed by atoms with Crippen LogP contribution in [0.5, 0.6) is 0 Å². The van der Waals surface area contributed by atoms with Crippen LogP contribution in [0.3, 0.4) is 0 Å². The van der Waals surface area contributed by atoms with Gasteiger partial charge in [-0.15, -0.1) is 0 Å². The van der Waals surface area contributed by atoms with Crippen LogP contribution in [-0.2, 0) is 14.6 Å². The fraction of sp³-hybridized carbons (Fsp3) is 0.455. The SMILES string of the molecule is CCOC(CC)(c1ccc([N+](=O)[O-])cc1)P(=O)(O)O. The summed E-state index contributed by atoms with van der Waals surface area (Å²) in [7, 11) is -4.58. The zero-order valence-corrected chi connectivity index (χ0v) is 11.5. The molecular weight excluding hydrogens is 273 g/mol. The number of nitro groups is 1. The molecule has 0 aliphatic rings. The Morgan fingerprint density at radius 1 is 1.32 bits per heavy atom. The average Bonchev–Trinajstić information content (AvgIpc) is 2.34. The third-order valence-electron chi connectivity index (χ3n) is 2.86. The third-order valence-corrected chi connectivity index (χ3v) is 4.51. The van der Waals surface area contributed by atoms with Gasteiger partial charge in [0.2, 0.25) is 0 Å². The van der Waals surface area contributed by atoms with E-state index in [1.54, 1.807) is 13.8 Å². The number of rotatable bonds is 6. The van der Waals surface area contributed by atoms with Gasteiger partial charge in [0.15, 0.2) is 5.34 Å². The van der Waals surface area contributed by atoms with E-state index in [2.05, 4.69) is 0 Å². The van der Waals surface area contributed by atoms with E-state index in [-0.39, 0.29) is 24.3 Å². The van der Waals surface area contributed by atoms with Gasteiger partial charge in [-0.05, 0) is 31.0 Å². The van der Waals surface area contributed by atoms with Crippen LogP contribution in [0.2, 0.25) is 0 Å². The Balaban J connectivity index is 3.33. The minimum absolute atomic E-state index is 0.0585. The molecule has 0 aromatic heterocycles. The highest BCUT2D eigenvalue weighted by Gasteiger charge is 2.48. The highest BCUT2D eigenvalue weighted by atomic mass is 31.2. The molecule has 1 rings (SSSR count). The number of hydrogen-bond donors (Lipinski definition) is 2. The molecule has 7 nitrogen and oxygen atoms in total. The molecule has 0 saturated heterocycles. The number of ether oxygens (including phenoxy) is 1. The maximum Gasteiger partial charge on any atom is 0.361 e. The smallest absolute Gasteiger partial charge is 0.358 e. The molecule has 0 spiro atoms. The summed E-state index contributed by atoms with van der Waals surface area (Å²) in [5.74, 6) is 0. The predicted octanol–water partition coefficient (Wildman–Crippen LogP) is 2.37. The Bertz CT molecular complexity index is 496. The van der Waals surface area contributed by atoms with E-state index in [1.165, 1.54) is 24.3 Å². The van der Waals surface area contributed by atoms with E-state index in [0.717, 1.165) is 0 Å². The zero-order chi connectivity index (χ0) is 14.7. The number of non-ortho nitro benzene ring substituents is 1. The van der Waals surface area contributed by atoms with Gasteiger partial charge >= 0.3 is 7.60 Å². The first-order valence-electron chi connectivity index (χ1n) is 5.73. The van der Waals surface area contributed by atoms with Crippen molar-refractivity contribution in [2.75, 3.05) is 6.61 Å². The molecule has 2 N–H and O–H groups in total. The summed E-state index contributed by atoms with van der Waals surface area (Å²) in [5.41, 5.74) is 0.0896. The summed E-state index contributed by atoms with van der Waals surface area (Å²) in [6, 6.07) is 5.04. The van der Waals surface area contributed by atoms with Crippen LogP contribution in [0.15, 0.2) is 24.3 Å². The molecule has 0 saturated carbocycles. The van der Waals surface area contributed by atoms with E-state index in [1.807, 2.05) is 0 Å². The molecule has 0 aliphatic carbocycles. The maximum atomic E-state index is 11.7. The number of hydrogen-bond acceptors (Lipinski definition) is 4. The van der Waals surface area contributed by atoms with Crippen molar-refractivity contribution in [3.05, 3.63) is 39.9 Å². The molecule has 8 heteroatoms. The molecular formula is C11H16NO6P. The highest BCUT2D eigenvalue weighted by Crippen LogP contribution is 2.59. The van der Waals surface area contributed by atoms with Crippen molar-refractivity contribution in [1.82, 2.24) is 0 Å². The first-order chi connectivity index (χ1) is 8.78. The molecule has 106 valence electrons. The number of benzene rings is 1. The molecule has 0 aliphatic heterocycles. The first kappa shape index (κ1) is 15.8. The molecule has 1 aromatic carbocycles. The second-order valence-corrected chi connectivity index (χ2v) is 5.73. The molecule has 1 atom stereocenters. The van der Waals surface area contributed by atoms with Gasteiger partial charge < -0.3 is 14.5 Å². The molecule has 0 radical (unpaired) electrons. The van der Waals surface area contributed by atoms with E-state index in [0.29, 0.717) is 0 Å². The van der Waals surface area contributed by atoms with Crippen molar-refractivity contribution in [2.24, 2.45) is 0 Å². The summed E-state index contributed by atoms with van der Waals surface area (Å²) in [5, 5.41) is 8.82. The Kier molecular flexibility index (Phi) is 4.81. The van der Waals surface area contributed by atoms with Gasteiger partial charge in [-0.3, -0.25) is 14.7 Å². The third kappa shape index (κ3) is 3.01. The first-order valence-corrected chi connectivity index (χ1v) is 7.34. The topological polar surface area (TPSA) is 110 Å². The van der Waals surface area contributed by atoms with Crippen LogP contribution in [0.4, 0.5) is 5.69 Å². The second-order valence-electron chi connectivity index (χ2n) is 3.92. The van der Waals surface area contributed by atoms with E-state index >= 15 is 0 Å². The Morgan fingerprint density at radius 3 is 2.16 bits per heavy atom. The summed E-state index contributed by atoms with van der Waals surface area (Å²) in [6.07, 6.45) is 0.0585. The fourth-order valence-corrected chi connectivity index (χ4v) is 3.12. The van der Waals surface area contributed by atoms with Gasteiger partial charge in [0.1, 0.15) is 0 Å². The van der Waals surface area contributed by atoms with E-state index in [4.69, 9.17) is 4.74 Å². The van der Waals surface area contributed by atoms with Crippen LogP contribution in [-0.4, -0.2) is 21.3 Å². The van der Waals surface area contributed by atoms with Gasteiger partial charge in [0.25, 0.3) is 5.69 Å². The predicted molar refractivity (Wildman–Crippen MR) is 68.7 cm³/mol. The minimum Gasteiger partial charge on any atom is -0.358 e. The van der Waals surface area contributed by atoms with Crippen LogP contribution < -0.4 is 0 Å². The molecule has 0 fully saturated rings. The van der Waals surface area contributed by atoms with Crippen molar-refractivity contribution >= 4 is 13.3 Å². The molecule has 1 unspecified atom stereocenters. The molecule has 1 aromatic rings. The van der Waals surface area contributed by atoms with Gasteiger partial charge in [0, 0.05) is 18.7 Å². The van der Waals surface area contributed by atoms with Crippen LogP contribution in [0.1, 0.15) is 25.8 Å².